The van der Waals surface area contributed by atoms with Crippen LogP contribution in [-0.2, 0) is 4.79 Å². The van der Waals surface area contributed by atoms with Gasteiger partial charge in [-0.3, -0.25) is 9.36 Å². The van der Waals surface area contributed by atoms with E-state index in [0.29, 0.717) is 38.3 Å². The molecule has 1 aliphatic rings. The first-order valence-electron chi connectivity index (χ1n) is 11.7. The zero-order chi connectivity index (χ0) is 24.0. The number of carbonyl (C=O) groups excluding carboxylic acids is 1. The van der Waals surface area contributed by atoms with Crippen molar-refractivity contribution in [2.45, 2.75) is 18.0 Å². The van der Waals surface area contributed by atoms with Crippen molar-refractivity contribution in [1.29, 1.82) is 0 Å². The van der Waals surface area contributed by atoms with Crippen molar-refractivity contribution in [1.82, 2.24) is 19.7 Å². The number of nitrogens with zero attached hydrogens (tertiary/aromatic N) is 5. The molecule has 0 saturated carbocycles. The second-order valence-electron chi connectivity index (χ2n) is 8.23. The number of thiophene rings is 1. The highest BCUT2D eigenvalue weighted by molar-refractivity contribution is 7.99. The van der Waals surface area contributed by atoms with E-state index in [2.05, 4.69) is 26.9 Å². The molecule has 1 amide bonds. The van der Waals surface area contributed by atoms with Gasteiger partial charge in [0.1, 0.15) is 5.82 Å². The Kier molecular flexibility index (Phi) is 7.44. The number of benzene rings is 2. The number of carbonyl (C=O) groups is 1. The average molecular weight is 508 g/mol. The number of hydrogen-bond donors (Lipinski definition) is 0. The largest absolute Gasteiger partial charge is 0.366 e. The molecule has 0 aliphatic carbocycles. The highest BCUT2D eigenvalue weighted by atomic mass is 32.2. The van der Waals surface area contributed by atoms with Gasteiger partial charge in [0.25, 0.3) is 0 Å². The van der Waals surface area contributed by atoms with E-state index in [1.54, 1.807) is 35.2 Å². The molecular weight excluding hydrogens is 481 g/mol. The summed E-state index contributed by atoms with van der Waals surface area (Å²) in [7, 11) is 0. The van der Waals surface area contributed by atoms with Crippen LogP contribution < -0.4 is 4.90 Å². The first-order chi connectivity index (χ1) is 17.2. The molecule has 0 radical (unpaired) electrons. The number of rotatable bonds is 8. The van der Waals surface area contributed by atoms with Crippen LogP contribution in [0.15, 0.2) is 77.3 Å². The van der Waals surface area contributed by atoms with E-state index in [0.717, 1.165) is 33.7 Å². The SMILES string of the molecule is O=C(CCCSc1nnc(-c2cccs2)n1-c1ccccc1)N1CCN(c2ccccc2F)CC1. The Morgan fingerprint density at radius 3 is 2.46 bits per heavy atom. The minimum atomic E-state index is -0.213. The van der Waals surface area contributed by atoms with E-state index in [1.165, 1.54) is 6.07 Å². The van der Waals surface area contributed by atoms with Crippen LogP contribution in [0.5, 0.6) is 0 Å². The summed E-state index contributed by atoms with van der Waals surface area (Å²) in [5.74, 6) is 1.55. The molecule has 6 nitrogen and oxygen atoms in total. The number of piperazine rings is 1. The lowest BCUT2D eigenvalue weighted by Crippen LogP contribution is -2.49. The van der Waals surface area contributed by atoms with Gasteiger partial charge < -0.3 is 9.80 Å². The molecule has 1 aliphatic heterocycles. The second kappa shape index (κ2) is 11.0. The summed E-state index contributed by atoms with van der Waals surface area (Å²) in [6, 6.07) is 21.0. The Bertz CT molecular complexity index is 1250. The summed E-state index contributed by atoms with van der Waals surface area (Å²) in [5, 5.41) is 11.8. The predicted octanol–water partition coefficient (Wildman–Crippen LogP) is 5.36. The van der Waals surface area contributed by atoms with Gasteiger partial charge >= 0.3 is 0 Å². The Morgan fingerprint density at radius 1 is 0.943 bits per heavy atom. The van der Waals surface area contributed by atoms with Crippen LogP contribution >= 0.6 is 23.1 Å². The molecule has 0 bridgehead atoms. The van der Waals surface area contributed by atoms with Gasteiger partial charge in [-0.1, -0.05) is 48.2 Å². The van der Waals surface area contributed by atoms with Crippen molar-refractivity contribution in [2.24, 2.45) is 0 Å². The summed E-state index contributed by atoms with van der Waals surface area (Å²) in [6.45, 7) is 2.53. The summed E-state index contributed by atoms with van der Waals surface area (Å²) >= 11 is 3.26. The molecule has 0 spiro atoms. The third-order valence-electron chi connectivity index (χ3n) is 5.98. The maximum Gasteiger partial charge on any atom is 0.222 e. The van der Waals surface area contributed by atoms with Crippen LogP contribution in [0.1, 0.15) is 12.8 Å². The van der Waals surface area contributed by atoms with Crippen LogP contribution in [0.4, 0.5) is 10.1 Å². The normalized spacial score (nSPS) is 13.9. The maximum absolute atomic E-state index is 14.1. The third-order valence-corrected chi connectivity index (χ3v) is 7.86. The fraction of sp³-hybridized carbons (Fsp3) is 0.269. The first kappa shape index (κ1) is 23.6. The van der Waals surface area contributed by atoms with Gasteiger partial charge in [-0.25, -0.2) is 4.39 Å². The van der Waals surface area contributed by atoms with Crippen LogP contribution in [0.3, 0.4) is 0 Å². The fourth-order valence-corrected chi connectivity index (χ4v) is 5.78. The van der Waals surface area contributed by atoms with Crippen LogP contribution in [0.25, 0.3) is 16.4 Å². The lowest BCUT2D eigenvalue weighted by molar-refractivity contribution is -0.131. The average Bonchev–Trinajstić information content (AvgIpc) is 3.58. The smallest absolute Gasteiger partial charge is 0.222 e. The number of anilines is 1. The molecule has 3 heterocycles. The van der Waals surface area contributed by atoms with Gasteiger partial charge in [-0.2, -0.15) is 0 Å². The zero-order valence-electron chi connectivity index (χ0n) is 19.2. The third kappa shape index (κ3) is 5.41. The highest BCUT2D eigenvalue weighted by Crippen LogP contribution is 2.30. The molecule has 4 aromatic rings. The lowest BCUT2D eigenvalue weighted by atomic mass is 10.2. The Balaban J connectivity index is 1.15. The Morgan fingerprint density at radius 2 is 1.71 bits per heavy atom. The standard InChI is InChI=1S/C26H26FN5OS2/c27-21-10-4-5-11-22(21)30-14-16-31(17-15-30)24(33)13-7-19-35-26-29-28-25(23-12-6-18-34-23)32(26)20-8-2-1-3-9-20/h1-6,8-12,18H,7,13-17,19H2. The molecule has 5 rings (SSSR count). The maximum atomic E-state index is 14.1. The molecule has 9 heteroatoms. The second-order valence-corrected chi connectivity index (χ2v) is 10.2. The van der Waals surface area contributed by atoms with Crippen LogP contribution in [-0.4, -0.2) is 57.5 Å². The van der Waals surface area contributed by atoms with Crippen molar-refractivity contribution < 1.29 is 9.18 Å². The fourth-order valence-electron chi connectivity index (χ4n) is 4.19. The quantitative estimate of drug-likeness (QED) is 0.238. The number of thioether (sulfide) groups is 1. The van der Waals surface area contributed by atoms with E-state index < -0.39 is 0 Å². The molecule has 2 aromatic heterocycles. The molecular formula is C26H26FN5OS2. The van der Waals surface area contributed by atoms with E-state index in [9.17, 15) is 9.18 Å². The van der Waals surface area contributed by atoms with Gasteiger partial charge in [0.15, 0.2) is 11.0 Å². The molecule has 1 fully saturated rings. The molecule has 0 unspecified atom stereocenters. The molecule has 180 valence electrons. The predicted molar refractivity (Wildman–Crippen MR) is 140 cm³/mol. The molecule has 0 N–H and O–H groups in total. The van der Waals surface area contributed by atoms with Gasteiger partial charge in [0.05, 0.1) is 10.6 Å². The van der Waals surface area contributed by atoms with Crippen molar-refractivity contribution in [2.75, 3.05) is 36.8 Å². The number of hydrogen-bond acceptors (Lipinski definition) is 6. The van der Waals surface area contributed by atoms with Gasteiger partial charge in [0.2, 0.25) is 5.91 Å². The number of para-hydroxylation sites is 2. The van der Waals surface area contributed by atoms with Gasteiger partial charge in [0, 0.05) is 44.0 Å². The van der Waals surface area contributed by atoms with Gasteiger partial charge in [-0.05, 0) is 42.1 Å². The topological polar surface area (TPSA) is 54.3 Å². The molecule has 0 atom stereocenters. The number of aromatic nitrogens is 3. The van der Waals surface area contributed by atoms with E-state index in [-0.39, 0.29) is 11.7 Å². The molecule has 1 saturated heterocycles. The van der Waals surface area contributed by atoms with Crippen molar-refractivity contribution in [3.8, 4) is 16.4 Å². The molecule has 2 aromatic carbocycles. The summed E-state index contributed by atoms with van der Waals surface area (Å²) < 4.78 is 16.1. The van der Waals surface area contributed by atoms with Crippen molar-refractivity contribution in [3.05, 3.63) is 77.9 Å². The van der Waals surface area contributed by atoms with E-state index >= 15 is 0 Å². The van der Waals surface area contributed by atoms with E-state index in [4.69, 9.17) is 0 Å². The molecule has 35 heavy (non-hydrogen) atoms. The highest BCUT2D eigenvalue weighted by Gasteiger charge is 2.22. The number of halogens is 1. The Hall–Kier alpha value is -3.17. The summed E-state index contributed by atoms with van der Waals surface area (Å²) in [4.78, 5) is 17.7. The minimum Gasteiger partial charge on any atom is -0.366 e. The Labute approximate surface area is 212 Å². The van der Waals surface area contributed by atoms with Crippen LogP contribution in [0.2, 0.25) is 0 Å². The minimum absolute atomic E-state index is 0.155. The zero-order valence-corrected chi connectivity index (χ0v) is 20.8. The van der Waals surface area contributed by atoms with Crippen molar-refractivity contribution in [3.63, 3.8) is 0 Å². The summed E-state index contributed by atoms with van der Waals surface area (Å²) in [6.07, 6.45) is 1.25. The monoisotopic (exact) mass is 507 g/mol. The summed E-state index contributed by atoms with van der Waals surface area (Å²) in [5.41, 5.74) is 1.63. The van der Waals surface area contributed by atoms with Gasteiger partial charge in [-0.15, -0.1) is 21.5 Å². The van der Waals surface area contributed by atoms with Crippen molar-refractivity contribution >= 4 is 34.7 Å². The van der Waals surface area contributed by atoms with E-state index in [1.807, 2.05) is 51.6 Å². The number of amides is 1. The van der Waals surface area contributed by atoms with Crippen LogP contribution in [0, 0.1) is 5.82 Å². The first-order valence-corrected chi connectivity index (χ1v) is 13.5. The lowest BCUT2D eigenvalue weighted by Gasteiger charge is -2.36.